The number of hydrogen-bond donors (Lipinski definition) is 0. The lowest BCUT2D eigenvalue weighted by atomic mass is 9.70. The largest absolute Gasteiger partial charge is 0.491 e. The predicted octanol–water partition coefficient (Wildman–Crippen LogP) is 5.47. The number of rotatable bonds is 5. The smallest absolute Gasteiger partial charge is 0.274 e. The normalized spacial score (nSPS) is 22.2. The lowest BCUT2D eigenvalue weighted by molar-refractivity contribution is -0.0308. The Bertz CT molecular complexity index is 1110. The fourth-order valence-electron chi connectivity index (χ4n) is 4.64. The van der Waals surface area contributed by atoms with Crippen LogP contribution in [0.3, 0.4) is 0 Å². The van der Waals surface area contributed by atoms with Crippen molar-refractivity contribution in [1.29, 1.82) is 0 Å². The Morgan fingerprint density at radius 3 is 2.61 bits per heavy atom. The number of carbonyl (C=O) groups is 1. The highest BCUT2D eigenvalue weighted by Gasteiger charge is 2.47. The zero-order valence-corrected chi connectivity index (χ0v) is 17.9. The lowest BCUT2D eigenvalue weighted by Gasteiger charge is -2.53. The van der Waals surface area contributed by atoms with Crippen molar-refractivity contribution in [3.05, 3.63) is 70.9 Å². The van der Waals surface area contributed by atoms with Crippen molar-refractivity contribution in [3.63, 3.8) is 0 Å². The van der Waals surface area contributed by atoms with Crippen LogP contribution >= 0.6 is 11.3 Å². The molecule has 1 aromatic heterocycles. The Kier molecular flexibility index (Phi) is 5.22. The molecule has 2 saturated heterocycles. The van der Waals surface area contributed by atoms with E-state index in [1.807, 2.05) is 11.8 Å². The van der Waals surface area contributed by atoms with E-state index in [0.717, 1.165) is 24.3 Å². The predicted molar refractivity (Wildman–Crippen MR) is 115 cm³/mol. The quantitative estimate of drug-likeness (QED) is 0.528. The molecule has 3 heterocycles. The maximum Gasteiger partial charge on any atom is 0.274 e. The van der Waals surface area contributed by atoms with Gasteiger partial charge in [0, 0.05) is 11.6 Å². The van der Waals surface area contributed by atoms with Gasteiger partial charge in [0.2, 0.25) is 0 Å². The van der Waals surface area contributed by atoms with Crippen LogP contribution in [0.15, 0.2) is 48.5 Å². The molecule has 1 unspecified atom stereocenters. The maximum absolute atomic E-state index is 14.5. The fourth-order valence-corrected chi connectivity index (χ4v) is 5.58. The molecular weight excluding hydrogens is 418 g/mol. The third kappa shape index (κ3) is 3.83. The second-order valence-corrected chi connectivity index (χ2v) is 9.45. The van der Waals surface area contributed by atoms with Gasteiger partial charge in [0.1, 0.15) is 29.7 Å². The molecule has 3 aromatic rings. The van der Waals surface area contributed by atoms with Crippen LogP contribution in [-0.2, 0) is 0 Å². The van der Waals surface area contributed by atoms with Crippen molar-refractivity contribution < 1.29 is 18.3 Å². The van der Waals surface area contributed by atoms with Gasteiger partial charge >= 0.3 is 0 Å². The van der Waals surface area contributed by atoms with Gasteiger partial charge in [0.25, 0.3) is 5.91 Å². The molecule has 2 bridgehead atoms. The number of aryl methyl sites for hydroxylation is 1. The number of piperidine rings is 2. The van der Waals surface area contributed by atoms with Crippen molar-refractivity contribution >= 4 is 17.2 Å². The highest BCUT2D eigenvalue weighted by atomic mass is 32.1. The number of amides is 1. The van der Waals surface area contributed by atoms with Gasteiger partial charge in [0.15, 0.2) is 0 Å². The molecule has 31 heavy (non-hydrogen) atoms. The lowest BCUT2D eigenvalue weighted by Crippen LogP contribution is -2.60. The van der Waals surface area contributed by atoms with Crippen molar-refractivity contribution in [3.8, 4) is 16.2 Å². The monoisotopic (exact) mass is 440 g/mol. The summed E-state index contributed by atoms with van der Waals surface area (Å²) in [6.45, 7) is 2.17. The van der Waals surface area contributed by atoms with Gasteiger partial charge in [-0.15, -0.1) is 11.3 Å². The number of aromatic nitrogens is 1. The van der Waals surface area contributed by atoms with Gasteiger partial charge in [-0.05, 0) is 62.4 Å². The molecular formula is C24H22F2N2O2S. The standard InChI is InChI=1S/C24H22F2N2O2S/c1-14-27-22(23(31-14)20-4-2-3-5-21(20)26)24(29)28-17-10-15(11-17)12-18(28)13-30-19-8-6-16(25)7-9-19/h2-9,15,17-18H,10-13H2,1H3. The summed E-state index contributed by atoms with van der Waals surface area (Å²) in [6, 6.07) is 12.4. The number of halogens is 2. The molecule has 1 amide bonds. The fraction of sp³-hybridized carbons (Fsp3) is 0.333. The number of ether oxygens (including phenoxy) is 1. The van der Waals surface area contributed by atoms with Gasteiger partial charge in [-0.1, -0.05) is 18.2 Å². The van der Waals surface area contributed by atoms with Crippen molar-refractivity contribution in [1.82, 2.24) is 9.88 Å². The average molecular weight is 441 g/mol. The van der Waals surface area contributed by atoms with E-state index in [-0.39, 0.29) is 29.6 Å². The molecule has 0 N–H and O–H groups in total. The van der Waals surface area contributed by atoms with E-state index < -0.39 is 0 Å². The van der Waals surface area contributed by atoms with Crippen LogP contribution < -0.4 is 4.74 Å². The number of carbonyl (C=O) groups excluding carboxylic acids is 1. The Morgan fingerprint density at radius 2 is 1.87 bits per heavy atom. The SMILES string of the molecule is Cc1nc(C(=O)N2C(COc3ccc(F)cc3)CC3CC2C3)c(-c2ccccc2F)s1. The summed E-state index contributed by atoms with van der Waals surface area (Å²) in [5.74, 6) is 0.323. The van der Waals surface area contributed by atoms with Crippen molar-refractivity contribution in [2.24, 2.45) is 5.92 Å². The number of fused-ring (bicyclic) bond motifs is 2. The van der Waals surface area contributed by atoms with E-state index in [9.17, 15) is 13.6 Å². The topological polar surface area (TPSA) is 42.4 Å². The van der Waals surface area contributed by atoms with Gasteiger partial charge in [-0.25, -0.2) is 13.8 Å². The maximum atomic E-state index is 14.5. The minimum atomic E-state index is -0.362. The van der Waals surface area contributed by atoms with Crippen LogP contribution in [0.4, 0.5) is 8.78 Å². The number of nitrogens with zero attached hydrogens (tertiary/aromatic N) is 2. The first-order chi connectivity index (χ1) is 15.0. The molecule has 2 aliphatic heterocycles. The van der Waals surface area contributed by atoms with Crippen LogP contribution in [-0.4, -0.2) is 34.5 Å². The molecule has 1 atom stereocenters. The van der Waals surface area contributed by atoms with Gasteiger partial charge in [-0.3, -0.25) is 4.79 Å². The molecule has 0 radical (unpaired) electrons. The van der Waals surface area contributed by atoms with Crippen LogP contribution in [0.2, 0.25) is 0 Å². The first-order valence-electron chi connectivity index (χ1n) is 10.4. The van der Waals surface area contributed by atoms with Crippen LogP contribution in [0.25, 0.3) is 10.4 Å². The summed E-state index contributed by atoms with van der Waals surface area (Å²) in [5, 5.41) is 0.726. The van der Waals surface area contributed by atoms with Crippen LogP contribution in [0, 0.1) is 24.5 Å². The molecule has 7 heteroatoms. The van der Waals surface area contributed by atoms with E-state index in [4.69, 9.17) is 4.74 Å². The Morgan fingerprint density at radius 1 is 1.13 bits per heavy atom. The van der Waals surface area contributed by atoms with Crippen LogP contribution in [0.5, 0.6) is 5.75 Å². The second-order valence-electron chi connectivity index (χ2n) is 8.25. The molecule has 6 rings (SSSR count). The molecule has 3 aliphatic rings. The minimum Gasteiger partial charge on any atom is -0.491 e. The van der Waals surface area contributed by atoms with E-state index >= 15 is 0 Å². The third-order valence-corrected chi connectivity index (χ3v) is 7.15. The average Bonchev–Trinajstić information content (AvgIpc) is 3.13. The first kappa shape index (κ1) is 20.1. The van der Waals surface area contributed by atoms with E-state index in [0.29, 0.717) is 34.4 Å². The van der Waals surface area contributed by atoms with E-state index in [1.54, 1.807) is 30.3 Å². The highest BCUT2D eigenvalue weighted by Crippen LogP contribution is 2.44. The summed E-state index contributed by atoms with van der Waals surface area (Å²) >= 11 is 1.34. The van der Waals surface area contributed by atoms with E-state index in [2.05, 4.69) is 4.98 Å². The summed E-state index contributed by atoms with van der Waals surface area (Å²) in [7, 11) is 0. The number of benzene rings is 2. The zero-order chi connectivity index (χ0) is 21.5. The Balaban J connectivity index is 1.42. The molecule has 1 saturated carbocycles. The highest BCUT2D eigenvalue weighted by molar-refractivity contribution is 7.15. The number of hydrogen-bond acceptors (Lipinski definition) is 4. The zero-order valence-electron chi connectivity index (χ0n) is 17.1. The third-order valence-electron chi connectivity index (χ3n) is 6.15. The van der Waals surface area contributed by atoms with Gasteiger partial charge < -0.3 is 9.64 Å². The molecule has 4 nitrogen and oxygen atoms in total. The van der Waals surface area contributed by atoms with Crippen LogP contribution in [0.1, 0.15) is 34.8 Å². The summed E-state index contributed by atoms with van der Waals surface area (Å²) in [5.41, 5.74) is 0.712. The molecule has 3 fully saturated rings. The second kappa shape index (κ2) is 8.04. The van der Waals surface area contributed by atoms with Crippen molar-refractivity contribution in [2.75, 3.05) is 6.61 Å². The molecule has 0 spiro atoms. The molecule has 2 aromatic carbocycles. The van der Waals surface area contributed by atoms with Gasteiger partial charge in [-0.2, -0.15) is 0 Å². The van der Waals surface area contributed by atoms with Gasteiger partial charge in [0.05, 0.1) is 15.9 Å². The minimum absolute atomic E-state index is 0.0921. The molecule has 160 valence electrons. The van der Waals surface area contributed by atoms with E-state index in [1.165, 1.54) is 29.5 Å². The summed E-state index contributed by atoms with van der Waals surface area (Å²) < 4.78 is 33.5. The summed E-state index contributed by atoms with van der Waals surface area (Å²) in [4.78, 5) is 20.6. The number of thiazole rings is 1. The Hall–Kier alpha value is -2.80. The Labute approximate surface area is 183 Å². The first-order valence-corrected chi connectivity index (χ1v) is 11.2. The van der Waals surface area contributed by atoms with Crippen molar-refractivity contribution in [2.45, 2.75) is 38.3 Å². The summed E-state index contributed by atoms with van der Waals surface area (Å²) in [6.07, 6.45) is 2.83. The molecule has 1 aliphatic carbocycles.